The van der Waals surface area contributed by atoms with Crippen LogP contribution in [-0.4, -0.2) is 30.7 Å². The van der Waals surface area contributed by atoms with Gasteiger partial charge >= 0.3 is 0 Å². The predicted octanol–water partition coefficient (Wildman–Crippen LogP) is 3.46. The molecule has 0 amide bonds. The lowest BCUT2D eigenvalue weighted by molar-refractivity contribution is 0.949. The fourth-order valence-corrected chi connectivity index (χ4v) is 4.30. The average Bonchev–Trinajstić information content (AvgIpc) is 2.23. The quantitative estimate of drug-likeness (QED) is 0.440. The second-order valence-electron chi connectivity index (χ2n) is 4.60. The van der Waals surface area contributed by atoms with Crippen molar-refractivity contribution in [1.82, 2.24) is 4.98 Å². The van der Waals surface area contributed by atoms with Gasteiger partial charge in [-0.15, -0.1) is 0 Å². The van der Waals surface area contributed by atoms with Gasteiger partial charge in [-0.05, 0) is 24.3 Å². The Morgan fingerprint density at radius 1 is 1.38 bits per heavy atom. The molecule has 0 unspecified atom stereocenters. The summed E-state index contributed by atoms with van der Waals surface area (Å²) in [6.45, 7) is 8.06. The van der Waals surface area contributed by atoms with Crippen LogP contribution in [0.5, 0.6) is 0 Å². The number of aliphatic imine (C=N–C) groups is 1. The van der Waals surface area contributed by atoms with E-state index in [1.54, 1.807) is 6.20 Å². The minimum atomic E-state index is -0.929. The van der Waals surface area contributed by atoms with Crippen LogP contribution in [0.15, 0.2) is 29.4 Å². The highest BCUT2D eigenvalue weighted by Crippen LogP contribution is 2.19. The summed E-state index contributed by atoms with van der Waals surface area (Å²) in [5.41, 5.74) is 0.945. The van der Waals surface area contributed by atoms with Crippen LogP contribution in [0.4, 0.5) is 0 Å². The maximum Gasteiger partial charge on any atom is 0.108 e. The Bertz CT molecular complexity index is 320. The lowest BCUT2D eigenvalue weighted by atomic mass is 10.4. The van der Waals surface area contributed by atoms with Crippen molar-refractivity contribution < 1.29 is 0 Å². The molecule has 0 fully saturated rings. The summed E-state index contributed by atoms with van der Waals surface area (Å²) in [4.78, 5) is 8.56. The number of hydrogen-bond acceptors (Lipinski definition) is 3. The van der Waals surface area contributed by atoms with Crippen molar-refractivity contribution in [2.45, 2.75) is 26.1 Å². The van der Waals surface area contributed by atoms with E-state index in [-0.39, 0.29) is 0 Å². The molecule has 0 spiro atoms. The van der Waals surface area contributed by atoms with Crippen LogP contribution in [0.2, 0.25) is 19.6 Å². The van der Waals surface area contributed by atoms with Gasteiger partial charge < -0.3 is 0 Å². The van der Waals surface area contributed by atoms with E-state index in [1.807, 2.05) is 24.4 Å². The minimum absolute atomic E-state index is 0.911. The van der Waals surface area contributed by atoms with Crippen LogP contribution in [-0.2, 0) is 0 Å². The van der Waals surface area contributed by atoms with E-state index in [9.17, 15) is 0 Å². The summed E-state index contributed by atoms with van der Waals surface area (Å²) in [5.74, 6) is 1.23. The lowest BCUT2D eigenvalue weighted by Crippen LogP contribution is -2.14. The molecule has 2 nitrogen and oxygen atoms in total. The molecule has 1 rings (SSSR count). The van der Waals surface area contributed by atoms with Crippen LogP contribution in [0.25, 0.3) is 0 Å². The molecule has 0 aliphatic rings. The van der Waals surface area contributed by atoms with Gasteiger partial charge in [-0.25, -0.2) is 0 Å². The average molecular weight is 252 g/mol. The maximum atomic E-state index is 4.38. The van der Waals surface area contributed by atoms with Gasteiger partial charge in [-0.1, -0.05) is 25.7 Å². The molecule has 1 aromatic rings. The molecular formula is C12H20N2SSi. The molecule has 0 aromatic carbocycles. The minimum Gasteiger partial charge on any atom is -0.291 e. The van der Waals surface area contributed by atoms with Crippen molar-refractivity contribution in [2.75, 3.05) is 12.3 Å². The van der Waals surface area contributed by atoms with E-state index >= 15 is 0 Å². The zero-order chi connectivity index (χ0) is 11.9. The van der Waals surface area contributed by atoms with Gasteiger partial charge in [0.05, 0.1) is 5.69 Å². The Morgan fingerprint density at radius 3 is 2.81 bits per heavy atom. The maximum absolute atomic E-state index is 4.38. The second kappa shape index (κ2) is 6.86. The fourth-order valence-electron chi connectivity index (χ4n) is 1.14. The molecule has 0 atom stereocenters. The summed E-state index contributed by atoms with van der Waals surface area (Å²) in [6.07, 6.45) is 4.82. The van der Waals surface area contributed by atoms with Gasteiger partial charge in [-0.2, -0.15) is 11.2 Å². The van der Waals surface area contributed by atoms with Crippen molar-refractivity contribution in [3.05, 3.63) is 30.1 Å². The molecule has 0 N–H and O–H groups in total. The molecule has 0 bridgehead atoms. The third-order valence-electron chi connectivity index (χ3n) is 1.88. The number of hydrogen-bond donors (Lipinski definition) is 0. The molecule has 88 valence electrons. The van der Waals surface area contributed by atoms with Crippen LogP contribution in [0, 0.1) is 0 Å². The van der Waals surface area contributed by atoms with E-state index < -0.39 is 7.22 Å². The van der Waals surface area contributed by atoms with Crippen molar-refractivity contribution >= 4 is 24.6 Å². The summed E-state index contributed by atoms with van der Waals surface area (Å²) in [5, 5.41) is 0. The van der Waals surface area contributed by atoms with Crippen molar-refractivity contribution in [3.8, 4) is 0 Å². The molecule has 1 heterocycles. The first-order valence-corrected chi connectivity index (χ1v) is 10.8. The molecule has 4 heteroatoms. The highest BCUT2D eigenvalue weighted by molar-refractivity contribution is 8.28. The number of rotatable bonds is 6. The SMILES string of the molecule is C[Si](C)(C)SCCCN=Cc1ccccn1. The highest BCUT2D eigenvalue weighted by atomic mass is 32.4. The Kier molecular flexibility index (Phi) is 5.77. The molecule has 1 aromatic heterocycles. The van der Waals surface area contributed by atoms with Crippen LogP contribution in [0.1, 0.15) is 12.1 Å². The second-order valence-corrected chi connectivity index (χ2v) is 14.1. The zero-order valence-corrected chi connectivity index (χ0v) is 12.1. The largest absolute Gasteiger partial charge is 0.291 e. The molecule has 0 radical (unpaired) electrons. The van der Waals surface area contributed by atoms with Gasteiger partial charge in [-0.3, -0.25) is 9.98 Å². The van der Waals surface area contributed by atoms with Gasteiger partial charge in [0.1, 0.15) is 7.22 Å². The van der Waals surface area contributed by atoms with Gasteiger partial charge in [0.2, 0.25) is 0 Å². The predicted molar refractivity (Wildman–Crippen MR) is 77.1 cm³/mol. The number of pyridine rings is 1. The molecule has 16 heavy (non-hydrogen) atoms. The van der Waals surface area contributed by atoms with E-state index in [2.05, 4.69) is 40.8 Å². The summed E-state index contributed by atoms with van der Waals surface area (Å²) in [6, 6.07) is 5.87. The zero-order valence-electron chi connectivity index (χ0n) is 10.3. The van der Waals surface area contributed by atoms with Crippen molar-refractivity contribution in [3.63, 3.8) is 0 Å². The molecular weight excluding hydrogens is 232 g/mol. The third-order valence-corrected chi connectivity index (χ3v) is 6.45. The van der Waals surface area contributed by atoms with E-state index in [0.717, 1.165) is 18.7 Å². The molecule has 0 saturated carbocycles. The van der Waals surface area contributed by atoms with Crippen LogP contribution < -0.4 is 0 Å². The summed E-state index contributed by atoms with van der Waals surface area (Å²) in [7, 11) is -0.929. The van der Waals surface area contributed by atoms with Crippen molar-refractivity contribution in [2.24, 2.45) is 4.99 Å². The number of nitrogens with zero attached hydrogens (tertiary/aromatic N) is 2. The topological polar surface area (TPSA) is 25.2 Å². The van der Waals surface area contributed by atoms with E-state index in [1.165, 1.54) is 5.75 Å². The Morgan fingerprint density at radius 2 is 2.19 bits per heavy atom. The summed E-state index contributed by atoms with van der Waals surface area (Å²) >= 11 is 2.13. The highest BCUT2D eigenvalue weighted by Gasteiger charge is 2.12. The monoisotopic (exact) mass is 252 g/mol. The standard InChI is InChI=1S/C12H20N2SSi/c1-16(2,3)15-10-6-8-13-11-12-7-4-5-9-14-12/h4-5,7,9,11H,6,8,10H2,1-3H3. The third kappa shape index (κ3) is 6.79. The first-order chi connectivity index (χ1) is 7.58. The lowest BCUT2D eigenvalue weighted by Gasteiger charge is -2.13. The molecule has 0 aliphatic heterocycles. The Labute approximate surface area is 103 Å². The Balaban J connectivity index is 2.14. The van der Waals surface area contributed by atoms with Crippen LogP contribution >= 0.6 is 11.2 Å². The van der Waals surface area contributed by atoms with Gasteiger partial charge in [0.15, 0.2) is 0 Å². The van der Waals surface area contributed by atoms with E-state index in [0.29, 0.717) is 0 Å². The number of aromatic nitrogens is 1. The van der Waals surface area contributed by atoms with Crippen LogP contribution in [0.3, 0.4) is 0 Å². The van der Waals surface area contributed by atoms with Gasteiger partial charge in [0.25, 0.3) is 0 Å². The van der Waals surface area contributed by atoms with E-state index in [4.69, 9.17) is 0 Å². The smallest absolute Gasteiger partial charge is 0.108 e. The molecule has 0 aliphatic carbocycles. The molecule has 0 saturated heterocycles. The Hall–Kier alpha value is -0.613. The van der Waals surface area contributed by atoms with Gasteiger partial charge in [0, 0.05) is 19.0 Å². The van der Waals surface area contributed by atoms with Crippen molar-refractivity contribution in [1.29, 1.82) is 0 Å². The first kappa shape index (κ1) is 13.5. The normalized spacial score (nSPS) is 12.2. The first-order valence-electron chi connectivity index (χ1n) is 5.63. The summed E-state index contributed by atoms with van der Waals surface area (Å²) < 4.78 is 0. The fraction of sp³-hybridized carbons (Fsp3) is 0.500.